The van der Waals surface area contributed by atoms with Crippen molar-refractivity contribution in [3.63, 3.8) is 0 Å². The van der Waals surface area contributed by atoms with Crippen LogP contribution in [0.2, 0.25) is 0 Å². The quantitative estimate of drug-likeness (QED) is 0.655. The SMILES string of the molecule is CC(C)(CCCO)CNCCn1cccn1. The molecule has 0 unspecified atom stereocenters. The number of aromatic nitrogens is 2. The molecule has 0 bridgehead atoms. The van der Waals surface area contributed by atoms with Gasteiger partial charge in [0.15, 0.2) is 0 Å². The average Bonchev–Trinajstić information content (AvgIpc) is 2.75. The molecule has 4 nitrogen and oxygen atoms in total. The average molecular weight is 225 g/mol. The van der Waals surface area contributed by atoms with Crippen molar-refractivity contribution in [2.24, 2.45) is 5.41 Å². The molecular weight excluding hydrogens is 202 g/mol. The summed E-state index contributed by atoms with van der Waals surface area (Å²) in [5, 5.41) is 16.4. The van der Waals surface area contributed by atoms with Crippen molar-refractivity contribution in [1.29, 1.82) is 0 Å². The Labute approximate surface area is 97.7 Å². The molecule has 0 aromatic carbocycles. The highest BCUT2D eigenvalue weighted by Gasteiger charge is 2.16. The second-order valence-electron chi connectivity index (χ2n) is 4.94. The van der Waals surface area contributed by atoms with Gasteiger partial charge in [0.2, 0.25) is 0 Å². The summed E-state index contributed by atoms with van der Waals surface area (Å²) in [5.74, 6) is 0. The highest BCUT2D eigenvalue weighted by molar-refractivity contribution is 4.78. The minimum absolute atomic E-state index is 0.257. The number of nitrogens with one attached hydrogen (secondary N) is 1. The zero-order chi connectivity index (χ0) is 11.9. The summed E-state index contributed by atoms with van der Waals surface area (Å²) in [6.45, 7) is 7.56. The van der Waals surface area contributed by atoms with Gasteiger partial charge >= 0.3 is 0 Å². The van der Waals surface area contributed by atoms with Crippen LogP contribution in [0.5, 0.6) is 0 Å². The van der Waals surface area contributed by atoms with Crippen molar-refractivity contribution >= 4 is 0 Å². The van der Waals surface area contributed by atoms with E-state index < -0.39 is 0 Å². The minimum atomic E-state index is 0.257. The Hall–Kier alpha value is -0.870. The maximum absolute atomic E-state index is 8.79. The lowest BCUT2D eigenvalue weighted by Crippen LogP contribution is -2.31. The number of hydrogen-bond donors (Lipinski definition) is 2. The zero-order valence-electron chi connectivity index (χ0n) is 10.3. The Kier molecular flexibility index (Phi) is 5.49. The van der Waals surface area contributed by atoms with Crippen molar-refractivity contribution in [3.05, 3.63) is 18.5 Å². The molecule has 1 aromatic heterocycles. The van der Waals surface area contributed by atoms with Crippen molar-refractivity contribution in [3.8, 4) is 0 Å². The molecule has 0 spiro atoms. The Bertz CT molecular complexity index is 270. The molecule has 0 saturated carbocycles. The predicted molar refractivity (Wildman–Crippen MR) is 65.2 cm³/mol. The van der Waals surface area contributed by atoms with E-state index in [1.165, 1.54) is 0 Å². The van der Waals surface area contributed by atoms with Crippen molar-refractivity contribution in [2.45, 2.75) is 33.2 Å². The van der Waals surface area contributed by atoms with Crippen LogP contribution in [-0.4, -0.2) is 34.6 Å². The third kappa shape index (κ3) is 5.28. The van der Waals surface area contributed by atoms with Gasteiger partial charge in [-0.2, -0.15) is 5.10 Å². The Morgan fingerprint density at radius 1 is 1.44 bits per heavy atom. The van der Waals surface area contributed by atoms with E-state index in [0.717, 1.165) is 32.5 Å². The Morgan fingerprint density at radius 2 is 2.25 bits per heavy atom. The van der Waals surface area contributed by atoms with E-state index in [-0.39, 0.29) is 12.0 Å². The maximum Gasteiger partial charge on any atom is 0.0533 e. The van der Waals surface area contributed by atoms with E-state index in [2.05, 4.69) is 24.3 Å². The standard InChI is InChI=1S/C12H23N3O/c1-12(2,5-3-10-16)11-13-7-9-15-8-4-6-14-15/h4,6,8,13,16H,3,5,7,9-11H2,1-2H3. The molecular formula is C12H23N3O. The van der Waals surface area contributed by atoms with E-state index in [4.69, 9.17) is 5.11 Å². The molecule has 0 aliphatic heterocycles. The third-order valence-electron chi connectivity index (χ3n) is 2.69. The van der Waals surface area contributed by atoms with Crippen LogP contribution in [0.1, 0.15) is 26.7 Å². The lowest BCUT2D eigenvalue weighted by molar-refractivity contribution is 0.236. The molecule has 0 fully saturated rings. The molecule has 1 heterocycles. The normalized spacial score (nSPS) is 11.9. The fourth-order valence-corrected chi connectivity index (χ4v) is 1.70. The fourth-order valence-electron chi connectivity index (χ4n) is 1.70. The largest absolute Gasteiger partial charge is 0.396 e. The van der Waals surface area contributed by atoms with Crippen LogP contribution >= 0.6 is 0 Å². The second kappa shape index (κ2) is 6.66. The van der Waals surface area contributed by atoms with E-state index in [1.807, 2.05) is 16.9 Å². The van der Waals surface area contributed by atoms with Gasteiger partial charge in [-0.3, -0.25) is 4.68 Å². The van der Waals surface area contributed by atoms with Crippen molar-refractivity contribution < 1.29 is 5.11 Å². The minimum Gasteiger partial charge on any atom is -0.396 e. The highest BCUT2D eigenvalue weighted by atomic mass is 16.2. The summed E-state index contributed by atoms with van der Waals surface area (Å²) < 4.78 is 1.92. The monoisotopic (exact) mass is 225 g/mol. The van der Waals surface area contributed by atoms with E-state index in [0.29, 0.717) is 0 Å². The first-order chi connectivity index (χ1) is 7.64. The summed E-state index contributed by atoms with van der Waals surface area (Å²) >= 11 is 0. The van der Waals surface area contributed by atoms with Gasteiger partial charge in [0.05, 0.1) is 6.54 Å². The molecule has 92 valence electrons. The molecule has 4 heteroatoms. The summed E-state index contributed by atoms with van der Waals surface area (Å²) in [6, 6.07) is 1.94. The summed E-state index contributed by atoms with van der Waals surface area (Å²) in [4.78, 5) is 0. The molecule has 1 aromatic rings. The number of rotatable bonds is 8. The topological polar surface area (TPSA) is 50.1 Å². The highest BCUT2D eigenvalue weighted by Crippen LogP contribution is 2.20. The number of hydrogen-bond acceptors (Lipinski definition) is 3. The molecule has 0 atom stereocenters. The predicted octanol–water partition coefficient (Wildman–Crippen LogP) is 1.27. The van der Waals surface area contributed by atoms with Crippen LogP contribution in [0.25, 0.3) is 0 Å². The number of aliphatic hydroxyl groups is 1. The van der Waals surface area contributed by atoms with Gasteiger partial charge in [0.1, 0.15) is 0 Å². The summed E-state index contributed by atoms with van der Waals surface area (Å²) in [6.07, 6.45) is 5.70. The zero-order valence-corrected chi connectivity index (χ0v) is 10.3. The van der Waals surface area contributed by atoms with Crippen LogP contribution in [0.15, 0.2) is 18.5 Å². The van der Waals surface area contributed by atoms with Crippen molar-refractivity contribution in [2.75, 3.05) is 19.7 Å². The third-order valence-corrected chi connectivity index (χ3v) is 2.69. The van der Waals surface area contributed by atoms with Crippen LogP contribution in [-0.2, 0) is 6.54 Å². The van der Waals surface area contributed by atoms with Crippen LogP contribution in [0.4, 0.5) is 0 Å². The summed E-state index contributed by atoms with van der Waals surface area (Å²) in [5.41, 5.74) is 0.257. The van der Waals surface area contributed by atoms with Gasteiger partial charge in [-0.05, 0) is 24.3 Å². The van der Waals surface area contributed by atoms with Crippen LogP contribution < -0.4 is 5.32 Å². The maximum atomic E-state index is 8.79. The molecule has 0 amide bonds. The van der Waals surface area contributed by atoms with Crippen LogP contribution in [0.3, 0.4) is 0 Å². The first kappa shape index (κ1) is 13.2. The van der Waals surface area contributed by atoms with Gasteiger partial charge in [-0.15, -0.1) is 0 Å². The number of aliphatic hydroxyl groups excluding tert-OH is 1. The molecule has 0 radical (unpaired) electrons. The first-order valence-corrected chi connectivity index (χ1v) is 5.93. The lowest BCUT2D eigenvalue weighted by atomic mass is 9.88. The molecule has 0 saturated heterocycles. The Balaban J connectivity index is 2.10. The fraction of sp³-hybridized carbons (Fsp3) is 0.750. The van der Waals surface area contributed by atoms with Gasteiger partial charge in [-0.1, -0.05) is 13.8 Å². The van der Waals surface area contributed by atoms with Gasteiger partial charge < -0.3 is 10.4 Å². The van der Waals surface area contributed by atoms with E-state index in [1.54, 1.807) is 6.20 Å². The molecule has 2 N–H and O–H groups in total. The second-order valence-corrected chi connectivity index (χ2v) is 4.94. The van der Waals surface area contributed by atoms with E-state index in [9.17, 15) is 0 Å². The molecule has 16 heavy (non-hydrogen) atoms. The summed E-state index contributed by atoms with van der Waals surface area (Å²) in [7, 11) is 0. The number of nitrogens with zero attached hydrogens (tertiary/aromatic N) is 2. The van der Waals surface area contributed by atoms with Gasteiger partial charge in [-0.25, -0.2) is 0 Å². The lowest BCUT2D eigenvalue weighted by Gasteiger charge is -2.24. The van der Waals surface area contributed by atoms with Crippen LogP contribution in [0, 0.1) is 5.41 Å². The van der Waals surface area contributed by atoms with Gasteiger partial charge in [0, 0.05) is 32.1 Å². The van der Waals surface area contributed by atoms with E-state index >= 15 is 0 Å². The van der Waals surface area contributed by atoms with Gasteiger partial charge in [0.25, 0.3) is 0 Å². The smallest absolute Gasteiger partial charge is 0.0533 e. The molecule has 0 aliphatic rings. The molecule has 1 rings (SSSR count). The molecule has 0 aliphatic carbocycles. The Morgan fingerprint density at radius 3 is 2.88 bits per heavy atom. The first-order valence-electron chi connectivity index (χ1n) is 5.93. The van der Waals surface area contributed by atoms with Crippen molar-refractivity contribution in [1.82, 2.24) is 15.1 Å².